The van der Waals surface area contributed by atoms with Crippen molar-refractivity contribution in [3.05, 3.63) is 11.6 Å². The largest absolute Gasteiger partial charge is 0.336 e. The Balaban J connectivity index is 2.63. The average Bonchev–Trinajstić information content (AvgIpc) is 2.30. The van der Waals surface area contributed by atoms with Gasteiger partial charge >= 0.3 is 15.3 Å². The number of thioether (sulfide) groups is 1. The van der Waals surface area contributed by atoms with Crippen LogP contribution in [-0.2, 0) is 9.24 Å². The molecule has 0 atom stereocenters. The standard InChI is InChI=1S/C5H7ClN2O3S2/c1-4-8(2-3-12-4)5(9)7-13(6,10)11/h1-3H2,(H,7,9). The number of nitrogens with one attached hydrogen (secondary N) is 1. The first-order chi connectivity index (χ1) is 5.90. The minimum absolute atomic E-state index is 0.446. The number of hydrogen-bond acceptors (Lipinski definition) is 4. The molecule has 0 aliphatic carbocycles. The minimum atomic E-state index is -4.00. The van der Waals surface area contributed by atoms with E-state index in [-0.39, 0.29) is 0 Å². The average molecular weight is 243 g/mol. The molecule has 8 heteroatoms. The molecule has 0 bridgehead atoms. The van der Waals surface area contributed by atoms with Gasteiger partial charge in [0.1, 0.15) is 0 Å². The Kier molecular flexibility index (Phi) is 3.09. The van der Waals surface area contributed by atoms with Gasteiger partial charge in [-0.3, -0.25) is 4.90 Å². The molecule has 0 radical (unpaired) electrons. The topological polar surface area (TPSA) is 66.5 Å². The molecule has 1 saturated heterocycles. The van der Waals surface area contributed by atoms with Crippen molar-refractivity contribution in [2.24, 2.45) is 0 Å². The van der Waals surface area contributed by atoms with Crippen LogP contribution < -0.4 is 4.72 Å². The molecule has 2 amide bonds. The predicted octanol–water partition coefficient (Wildman–Crippen LogP) is 0.700. The molecule has 1 fully saturated rings. The zero-order valence-corrected chi connectivity index (χ0v) is 8.88. The number of carbonyl (C=O) groups excluding carboxylic acids is 1. The van der Waals surface area contributed by atoms with Crippen molar-refractivity contribution in [3.63, 3.8) is 0 Å². The molecule has 0 aromatic carbocycles. The molecule has 0 spiro atoms. The van der Waals surface area contributed by atoms with E-state index in [9.17, 15) is 13.2 Å². The molecule has 13 heavy (non-hydrogen) atoms. The first kappa shape index (κ1) is 10.7. The highest BCUT2D eigenvalue weighted by Crippen LogP contribution is 2.25. The van der Waals surface area contributed by atoms with Crippen molar-refractivity contribution < 1.29 is 13.2 Å². The van der Waals surface area contributed by atoms with E-state index in [2.05, 4.69) is 6.58 Å². The smallest absolute Gasteiger partial charge is 0.288 e. The lowest BCUT2D eigenvalue weighted by Crippen LogP contribution is -2.38. The molecule has 1 aliphatic rings. The van der Waals surface area contributed by atoms with Crippen LogP contribution in [0.2, 0.25) is 0 Å². The molecule has 1 rings (SSSR count). The number of hydrogen-bond donors (Lipinski definition) is 1. The molecule has 0 aromatic rings. The Hall–Kier alpha value is -0.400. The van der Waals surface area contributed by atoms with E-state index in [1.807, 2.05) is 0 Å². The van der Waals surface area contributed by atoms with E-state index in [1.165, 1.54) is 16.7 Å². The Morgan fingerprint density at radius 2 is 2.31 bits per heavy atom. The molecule has 1 aliphatic heterocycles. The van der Waals surface area contributed by atoms with Crippen LogP contribution >= 0.6 is 22.4 Å². The second-order valence-electron chi connectivity index (χ2n) is 2.24. The Morgan fingerprint density at radius 1 is 1.69 bits per heavy atom. The van der Waals surface area contributed by atoms with Gasteiger partial charge in [-0.25, -0.2) is 9.52 Å². The molecule has 0 unspecified atom stereocenters. The van der Waals surface area contributed by atoms with Crippen LogP contribution in [0.25, 0.3) is 0 Å². The van der Waals surface area contributed by atoms with Crippen molar-refractivity contribution in [3.8, 4) is 0 Å². The number of nitrogens with zero attached hydrogens (tertiary/aromatic N) is 1. The number of rotatable bonds is 1. The molecule has 0 aromatic heterocycles. The van der Waals surface area contributed by atoms with Gasteiger partial charge in [0.2, 0.25) is 0 Å². The van der Waals surface area contributed by atoms with E-state index in [4.69, 9.17) is 10.7 Å². The first-order valence-corrected chi connectivity index (χ1v) is 6.55. The maximum Gasteiger partial charge on any atom is 0.336 e. The van der Waals surface area contributed by atoms with Gasteiger partial charge in [0.05, 0.1) is 5.03 Å². The van der Waals surface area contributed by atoms with Crippen LogP contribution in [0.1, 0.15) is 0 Å². The van der Waals surface area contributed by atoms with Crippen LogP contribution in [0.4, 0.5) is 4.79 Å². The van der Waals surface area contributed by atoms with Crippen molar-refractivity contribution in [1.82, 2.24) is 9.62 Å². The molecule has 1 heterocycles. The van der Waals surface area contributed by atoms with Crippen molar-refractivity contribution >= 4 is 37.7 Å². The summed E-state index contributed by atoms with van der Waals surface area (Å²) in [6, 6.07) is -0.759. The molecule has 5 nitrogen and oxygen atoms in total. The lowest BCUT2D eigenvalue weighted by Gasteiger charge is -2.14. The lowest BCUT2D eigenvalue weighted by molar-refractivity contribution is 0.223. The van der Waals surface area contributed by atoms with E-state index in [1.54, 1.807) is 4.72 Å². The van der Waals surface area contributed by atoms with Gasteiger partial charge in [-0.2, -0.15) is 8.42 Å². The third-order valence-electron chi connectivity index (χ3n) is 1.34. The number of carbonyl (C=O) groups is 1. The van der Waals surface area contributed by atoms with Crippen LogP contribution in [0.3, 0.4) is 0 Å². The SMILES string of the molecule is C=C1SCCN1C(=O)NS(=O)(=O)Cl. The minimum Gasteiger partial charge on any atom is -0.288 e. The summed E-state index contributed by atoms with van der Waals surface area (Å²) in [7, 11) is 0.828. The summed E-state index contributed by atoms with van der Waals surface area (Å²) in [6.45, 7) is 4.02. The summed E-state index contributed by atoms with van der Waals surface area (Å²) in [4.78, 5) is 12.4. The lowest BCUT2D eigenvalue weighted by atomic mass is 10.6. The second kappa shape index (κ2) is 3.77. The third-order valence-corrected chi connectivity index (χ3v) is 2.93. The van der Waals surface area contributed by atoms with E-state index < -0.39 is 15.3 Å². The fourth-order valence-corrected chi connectivity index (χ4v) is 2.19. The van der Waals surface area contributed by atoms with Gasteiger partial charge in [-0.05, 0) is 0 Å². The van der Waals surface area contributed by atoms with Crippen LogP contribution in [0.15, 0.2) is 11.6 Å². The van der Waals surface area contributed by atoms with Gasteiger partial charge in [0, 0.05) is 23.0 Å². The molecule has 0 saturated carbocycles. The number of halogens is 1. The Labute approximate surface area is 84.7 Å². The summed E-state index contributed by atoms with van der Waals surface area (Å²) in [5.74, 6) is 0.717. The molecule has 74 valence electrons. The van der Waals surface area contributed by atoms with Gasteiger partial charge in [-0.15, -0.1) is 11.8 Å². The van der Waals surface area contributed by atoms with Crippen molar-refractivity contribution in [2.75, 3.05) is 12.3 Å². The van der Waals surface area contributed by atoms with Gasteiger partial charge in [-0.1, -0.05) is 6.58 Å². The number of amides is 2. The normalized spacial score (nSPS) is 17.6. The van der Waals surface area contributed by atoms with Gasteiger partial charge in [0.15, 0.2) is 0 Å². The van der Waals surface area contributed by atoms with Crippen molar-refractivity contribution in [2.45, 2.75) is 0 Å². The fourth-order valence-electron chi connectivity index (χ4n) is 0.832. The summed E-state index contributed by atoms with van der Waals surface area (Å²) >= 11 is 1.39. The maximum atomic E-state index is 11.1. The Morgan fingerprint density at radius 3 is 2.69 bits per heavy atom. The summed E-state index contributed by atoms with van der Waals surface area (Å²) in [5.41, 5.74) is 0. The molecular weight excluding hydrogens is 236 g/mol. The zero-order chi connectivity index (χ0) is 10.1. The molecule has 1 N–H and O–H groups in total. The van der Waals surface area contributed by atoms with E-state index >= 15 is 0 Å². The fraction of sp³-hybridized carbons (Fsp3) is 0.400. The third kappa shape index (κ3) is 3.09. The van der Waals surface area contributed by atoms with Gasteiger partial charge in [0.25, 0.3) is 0 Å². The van der Waals surface area contributed by atoms with Crippen molar-refractivity contribution in [1.29, 1.82) is 0 Å². The highest BCUT2D eigenvalue weighted by Gasteiger charge is 2.24. The highest BCUT2D eigenvalue weighted by molar-refractivity contribution is 8.12. The highest BCUT2D eigenvalue weighted by atomic mass is 35.7. The Bertz CT molecular complexity index is 340. The number of urea groups is 1. The van der Waals surface area contributed by atoms with E-state index in [0.29, 0.717) is 17.3 Å². The van der Waals surface area contributed by atoms with Crippen LogP contribution in [0.5, 0.6) is 0 Å². The summed E-state index contributed by atoms with van der Waals surface area (Å²) in [5, 5.41) is 0.526. The monoisotopic (exact) mass is 242 g/mol. The maximum absolute atomic E-state index is 11.1. The van der Waals surface area contributed by atoms with Crippen LogP contribution in [0, 0.1) is 0 Å². The summed E-state index contributed by atoms with van der Waals surface area (Å²) < 4.78 is 22.6. The second-order valence-corrected chi connectivity index (χ2v) is 5.71. The predicted molar refractivity (Wildman–Crippen MR) is 51.6 cm³/mol. The first-order valence-electron chi connectivity index (χ1n) is 3.26. The van der Waals surface area contributed by atoms with Crippen LogP contribution in [-0.4, -0.2) is 31.6 Å². The van der Waals surface area contributed by atoms with Gasteiger partial charge < -0.3 is 0 Å². The summed E-state index contributed by atoms with van der Waals surface area (Å²) in [6.07, 6.45) is 0. The van der Waals surface area contributed by atoms with E-state index in [0.717, 1.165) is 0 Å². The quantitative estimate of drug-likeness (QED) is 0.688. The zero-order valence-electron chi connectivity index (χ0n) is 6.49. The molecular formula is C5H7ClN2O3S2.